The van der Waals surface area contributed by atoms with Gasteiger partial charge in [0.25, 0.3) is 0 Å². The smallest absolute Gasteiger partial charge is 0.154 e. The van der Waals surface area contributed by atoms with Gasteiger partial charge >= 0.3 is 0 Å². The number of aromatic nitrogens is 4. The molecule has 2 rings (SSSR count). The van der Waals surface area contributed by atoms with Crippen LogP contribution in [-0.4, -0.2) is 19.8 Å². The molecule has 2 aromatic rings. The topological polar surface area (TPSA) is 69.1 Å². The van der Waals surface area contributed by atoms with Gasteiger partial charge in [0, 0.05) is 0 Å². The Morgan fingerprint density at radius 3 is 3.00 bits per heavy atom. The van der Waals surface area contributed by atoms with Gasteiger partial charge in [0.2, 0.25) is 0 Å². The van der Waals surface area contributed by atoms with E-state index in [-0.39, 0.29) is 0 Å². The van der Waals surface area contributed by atoms with Gasteiger partial charge in [-0.1, -0.05) is 0 Å². The normalized spacial score (nSPS) is 10.6. The van der Waals surface area contributed by atoms with Crippen molar-refractivity contribution in [2.24, 2.45) is 0 Å². The number of anilines is 1. The Labute approximate surface area is 75.7 Å². The number of halogens is 1. The Balaban J connectivity index is 2.96. The van der Waals surface area contributed by atoms with Gasteiger partial charge in [0.05, 0.1) is 9.77 Å². The zero-order chi connectivity index (χ0) is 7.84. The van der Waals surface area contributed by atoms with Crippen molar-refractivity contribution >= 4 is 33.9 Å². The molecule has 0 aliphatic heterocycles. The maximum atomic E-state index is 5.58. The molecule has 0 amide bonds. The van der Waals surface area contributed by atoms with Gasteiger partial charge in [0.1, 0.15) is 11.8 Å². The summed E-state index contributed by atoms with van der Waals surface area (Å²) in [7, 11) is 0. The van der Waals surface area contributed by atoms with Crippen molar-refractivity contribution in [3.8, 4) is 0 Å². The predicted molar refractivity (Wildman–Crippen MR) is 47.9 cm³/mol. The summed E-state index contributed by atoms with van der Waals surface area (Å²) >= 11 is 2.14. The van der Waals surface area contributed by atoms with Crippen molar-refractivity contribution < 1.29 is 0 Å². The molecule has 0 unspecified atom stereocenters. The standard InChI is InChI=1S/C5H4IN5/c6-3-1-9-11-4(3)5(7)8-2-10-11/h1-2H,(H2,7,8,10). The lowest BCUT2D eigenvalue weighted by atomic mass is 10.5. The Morgan fingerprint density at radius 2 is 2.27 bits per heavy atom. The summed E-state index contributed by atoms with van der Waals surface area (Å²) in [5.74, 6) is 0.460. The Bertz CT molecular complexity index is 395. The first-order valence-corrected chi connectivity index (χ1v) is 3.97. The highest BCUT2D eigenvalue weighted by Gasteiger charge is 2.04. The molecular weight excluding hydrogens is 257 g/mol. The lowest BCUT2D eigenvalue weighted by Gasteiger charge is -1.93. The van der Waals surface area contributed by atoms with Crippen LogP contribution in [-0.2, 0) is 0 Å². The minimum Gasteiger partial charge on any atom is -0.382 e. The van der Waals surface area contributed by atoms with Crippen LogP contribution >= 0.6 is 22.6 Å². The fourth-order valence-electron chi connectivity index (χ4n) is 0.830. The maximum Gasteiger partial charge on any atom is 0.154 e. The third-order valence-corrected chi connectivity index (χ3v) is 2.10. The molecular formula is C5H4IN5. The van der Waals surface area contributed by atoms with E-state index < -0.39 is 0 Å². The van der Waals surface area contributed by atoms with Crippen molar-refractivity contribution in [2.75, 3.05) is 5.73 Å². The molecule has 11 heavy (non-hydrogen) atoms. The van der Waals surface area contributed by atoms with Gasteiger partial charge < -0.3 is 5.73 Å². The molecule has 0 radical (unpaired) electrons. The molecule has 0 fully saturated rings. The first kappa shape index (κ1) is 6.77. The Morgan fingerprint density at radius 1 is 1.45 bits per heavy atom. The van der Waals surface area contributed by atoms with Gasteiger partial charge in [-0.25, -0.2) is 4.98 Å². The second-order valence-electron chi connectivity index (χ2n) is 1.98. The van der Waals surface area contributed by atoms with Gasteiger partial charge in [-0.3, -0.25) is 0 Å². The molecule has 6 heteroatoms. The SMILES string of the molecule is Nc1ncnn2ncc(I)c12. The maximum absolute atomic E-state index is 5.58. The summed E-state index contributed by atoms with van der Waals surface area (Å²) < 4.78 is 2.42. The van der Waals surface area contributed by atoms with Gasteiger partial charge in [0.15, 0.2) is 5.82 Å². The summed E-state index contributed by atoms with van der Waals surface area (Å²) in [6, 6.07) is 0. The molecule has 2 N–H and O–H groups in total. The van der Waals surface area contributed by atoms with Crippen LogP contribution in [0.15, 0.2) is 12.5 Å². The fraction of sp³-hybridized carbons (Fsp3) is 0. The third-order valence-electron chi connectivity index (χ3n) is 1.31. The number of nitrogen functional groups attached to an aromatic ring is 1. The summed E-state index contributed by atoms with van der Waals surface area (Å²) in [5.41, 5.74) is 6.36. The van der Waals surface area contributed by atoms with Crippen molar-refractivity contribution in [1.82, 2.24) is 19.8 Å². The van der Waals surface area contributed by atoms with Crippen LogP contribution in [0.25, 0.3) is 5.52 Å². The Hall–Kier alpha value is -0.920. The molecule has 0 aliphatic carbocycles. The van der Waals surface area contributed by atoms with E-state index in [1.807, 2.05) is 0 Å². The van der Waals surface area contributed by atoms with E-state index >= 15 is 0 Å². The van der Waals surface area contributed by atoms with Gasteiger partial charge in [-0.2, -0.15) is 5.10 Å². The second-order valence-corrected chi connectivity index (χ2v) is 3.14. The average Bonchev–Trinajstić information content (AvgIpc) is 2.34. The molecule has 0 aliphatic rings. The van der Waals surface area contributed by atoms with Crippen LogP contribution in [0.2, 0.25) is 0 Å². The fourth-order valence-corrected chi connectivity index (χ4v) is 1.45. The molecule has 2 aromatic heterocycles. The van der Waals surface area contributed by atoms with E-state index in [1.54, 1.807) is 6.20 Å². The monoisotopic (exact) mass is 261 g/mol. The van der Waals surface area contributed by atoms with E-state index in [2.05, 4.69) is 37.8 Å². The second kappa shape index (κ2) is 2.29. The van der Waals surface area contributed by atoms with Crippen LogP contribution in [0.4, 0.5) is 5.82 Å². The zero-order valence-corrected chi connectivity index (χ0v) is 7.56. The van der Waals surface area contributed by atoms with Crippen LogP contribution in [0, 0.1) is 3.57 Å². The first-order valence-electron chi connectivity index (χ1n) is 2.89. The van der Waals surface area contributed by atoms with Crippen LogP contribution in [0.1, 0.15) is 0 Å². The van der Waals surface area contributed by atoms with Crippen molar-refractivity contribution in [3.63, 3.8) is 0 Å². The summed E-state index contributed by atoms with van der Waals surface area (Å²) in [6.07, 6.45) is 3.08. The number of hydrogen-bond donors (Lipinski definition) is 1. The van der Waals surface area contributed by atoms with E-state index in [1.165, 1.54) is 11.0 Å². The minimum atomic E-state index is 0.460. The van der Waals surface area contributed by atoms with Crippen LogP contribution < -0.4 is 5.73 Å². The molecule has 56 valence electrons. The molecule has 0 bridgehead atoms. The van der Waals surface area contributed by atoms with E-state index in [4.69, 9.17) is 5.73 Å². The third kappa shape index (κ3) is 0.934. The van der Waals surface area contributed by atoms with E-state index in [0.29, 0.717) is 5.82 Å². The largest absolute Gasteiger partial charge is 0.382 e. The van der Waals surface area contributed by atoms with Gasteiger partial charge in [-0.05, 0) is 22.6 Å². The molecule has 0 saturated heterocycles. The highest BCUT2D eigenvalue weighted by atomic mass is 127. The summed E-state index contributed by atoms with van der Waals surface area (Å²) in [4.78, 5) is 3.84. The number of nitrogens with two attached hydrogens (primary N) is 1. The molecule has 0 saturated carbocycles. The highest BCUT2D eigenvalue weighted by Crippen LogP contribution is 2.15. The van der Waals surface area contributed by atoms with E-state index in [0.717, 1.165) is 9.09 Å². The number of fused-ring (bicyclic) bond motifs is 1. The summed E-state index contributed by atoms with van der Waals surface area (Å²) in [6.45, 7) is 0. The van der Waals surface area contributed by atoms with Crippen molar-refractivity contribution in [1.29, 1.82) is 0 Å². The minimum absolute atomic E-state index is 0.460. The average molecular weight is 261 g/mol. The lowest BCUT2D eigenvalue weighted by Crippen LogP contribution is -1.99. The first-order chi connectivity index (χ1) is 5.29. The summed E-state index contributed by atoms with van der Waals surface area (Å²) in [5, 5.41) is 7.83. The highest BCUT2D eigenvalue weighted by molar-refractivity contribution is 14.1. The van der Waals surface area contributed by atoms with Gasteiger partial charge in [-0.15, -0.1) is 9.73 Å². The zero-order valence-electron chi connectivity index (χ0n) is 5.40. The lowest BCUT2D eigenvalue weighted by molar-refractivity contribution is 0.783. The molecule has 5 nitrogen and oxygen atoms in total. The van der Waals surface area contributed by atoms with E-state index in [9.17, 15) is 0 Å². The quantitative estimate of drug-likeness (QED) is 0.693. The molecule has 0 aromatic carbocycles. The molecule has 2 heterocycles. The van der Waals surface area contributed by atoms with Crippen LogP contribution in [0.5, 0.6) is 0 Å². The van der Waals surface area contributed by atoms with Crippen LogP contribution in [0.3, 0.4) is 0 Å². The molecule has 0 atom stereocenters. The number of nitrogens with zero attached hydrogens (tertiary/aromatic N) is 4. The number of rotatable bonds is 0. The molecule has 0 spiro atoms. The number of hydrogen-bond acceptors (Lipinski definition) is 4. The Kier molecular flexibility index (Phi) is 1.41. The predicted octanol–water partition coefficient (Wildman–Crippen LogP) is 0.311. The van der Waals surface area contributed by atoms with Crippen molar-refractivity contribution in [2.45, 2.75) is 0 Å². The van der Waals surface area contributed by atoms with Crippen molar-refractivity contribution in [3.05, 3.63) is 16.1 Å².